The third kappa shape index (κ3) is 5.18. The van der Waals surface area contributed by atoms with Gasteiger partial charge in [0, 0.05) is 61.4 Å². The molecule has 3 rings (SSSR count). The number of anilines is 1. The Balaban J connectivity index is 1.85. The zero-order valence-electron chi connectivity index (χ0n) is 19.1. The maximum absolute atomic E-state index is 13.4. The highest BCUT2D eigenvalue weighted by Gasteiger charge is 2.29. The molecule has 6 nitrogen and oxygen atoms in total. The van der Waals surface area contributed by atoms with Crippen molar-refractivity contribution >= 4 is 34.8 Å². The van der Waals surface area contributed by atoms with E-state index < -0.39 is 5.92 Å². The number of benzene rings is 1. The molecule has 1 unspecified atom stereocenters. The molecule has 2 aliphatic rings. The molecular weight excluding hydrogens is 414 g/mol. The van der Waals surface area contributed by atoms with Crippen molar-refractivity contribution in [3.63, 3.8) is 0 Å². The van der Waals surface area contributed by atoms with Crippen LogP contribution in [-0.2, 0) is 9.53 Å². The maximum atomic E-state index is 13.4. The van der Waals surface area contributed by atoms with Gasteiger partial charge in [-0.3, -0.25) is 9.59 Å². The number of rotatable bonds is 6. The summed E-state index contributed by atoms with van der Waals surface area (Å²) in [4.78, 5) is 33.7. The summed E-state index contributed by atoms with van der Waals surface area (Å²) in [6.07, 6.45) is 3.82. The zero-order valence-corrected chi connectivity index (χ0v) is 19.8. The van der Waals surface area contributed by atoms with Crippen LogP contribution >= 0.6 is 11.6 Å². The van der Waals surface area contributed by atoms with Crippen LogP contribution in [0.3, 0.4) is 0 Å². The van der Waals surface area contributed by atoms with Crippen LogP contribution in [0, 0.1) is 12.8 Å². The molecule has 2 heterocycles. The Labute approximate surface area is 189 Å². The van der Waals surface area contributed by atoms with E-state index in [9.17, 15) is 9.59 Å². The Kier molecular flexibility index (Phi) is 7.55. The lowest BCUT2D eigenvalue weighted by Gasteiger charge is -2.37. The number of halogens is 1. The highest BCUT2D eigenvalue weighted by atomic mass is 35.5. The van der Waals surface area contributed by atoms with E-state index in [2.05, 4.69) is 16.8 Å². The second kappa shape index (κ2) is 9.96. The van der Waals surface area contributed by atoms with Crippen LogP contribution in [0.1, 0.15) is 49.5 Å². The first-order valence-electron chi connectivity index (χ1n) is 10.9. The molecule has 31 heavy (non-hydrogen) atoms. The quantitative estimate of drug-likeness (QED) is 0.655. The van der Waals surface area contributed by atoms with Gasteiger partial charge in [0.25, 0.3) is 11.8 Å². The Morgan fingerprint density at radius 3 is 2.52 bits per heavy atom. The summed E-state index contributed by atoms with van der Waals surface area (Å²) in [5, 5.41) is 0.535. The number of hydrogen-bond donors (Lipinski definition) is 0. The number of carbonyl (C=O) groups is 2. The van der Waals surface area contributed by atoms with Crippen LogP contribution in [0.4, 0.5) is 5.69 Å². The molecule has 0 N–H and O–H groups in total. The number of allylic oxidation sites excluding steroid dienone is 1. The molecule has 2 amide bonds. The van der Waals surface area contributed by atoms with Crippen molar-refractivity contribution in [1.82, 2.24) is 4.90 Å². The molecule has 0 aromatic heterocycles. The first-order chi connectivity index (χ1) is 14.7. The van der Waals surface area contributed by atoms with Gasteiger partial charge in [0.15, 0.2) is 0 Å². The predicted molar refractivity (Wildman–Crippen MR) is 125 cm³/mol. The highest BCUT2D eigenvalue weighted by molar-refractivity contribution is 6.31. The number of nitrogens with zero attached hydrogens (tertiary/aromatic N) is 3. The molecule has 0 bridgehead atoms. The molecule has 1 aromatic rings. The van der Waals surface area contributed by atoms with E-state index in [0.717, 1.165) is 49.4 Å². The Hall–Kier alpha value is -2.18. The smallest absolute Gasteiger partial charge is 0.254 e. The summed E-state index contributed by atoms with van der Waals surface area (Å²) in [6, 6.07) is 4.04. The Morgan fingerprint density at radius 1 is 1.23 bits per heavy atom. The van der Waals surface area contributed by atoms with Gasteiger partial charge in [0.1, 0.15) is 0 Å². The zero-order chi connectivity index (χ0) is 22.7. The van der Waals surface area contributed by atoms with Gasteiger partial charge in [-0.2, -0.15) is 0 Å². The minimum Gasteiger partial charge on any atom is -0.381 e. The van der Waals surface area contributed by atoms with Crippen LogP contribution < -0.4 is 4.90 Å². The van der Waals surface area contributed by atoms with Crippen molar-refractivity contribution in [2.75, 3.05) is 38.3 Å². The van der Waals surface area contributed by atoms with E-state index in [4.69, 9.17) is 16.3 Å². The van der Waals surface area contributed by atoms with Crippen molar-refractivity contribution in [3.8, 4) is 0 Å². The van der Waals surface area contributed by atoms with Crippen molar-refractivity contribution in [3.05, 3.63) is 39.9 Å². The molecule has 0 saturated carbocycles. The minimum atomic E-state index is -0.411. The van der Waals surface area contributed by atoms with E-state index in [1.165, 1.54) is 0 Å². The van der Waals surface area contributed by atoms with Crippen molar-refractivity contribution in [2.24, 2.45) is 10.9 Å². The molecule has 0 aliphatic carbocycles. The van der Waals surface area contributed by atoms with E-state index in [0.29, 0.717) is 22.3 Å². The molecule has 1 fully saturated rings. The number of carbonyl (C=O) groups excluding carboxylic acids is 2. The lowest BCUT2D eigenvalue weighted by atomic mass is 9.95. The largest absolute Gasteiger partial charge is 0.381 e. The SMILES string of the molecule is CCN(c1cc(Cl)cc(C(=O)N(C)CC2C(=O)N=C(C)C=C2C)c1C)C1CCOCC1. The molecule has 2 aliphatic heterocycles. The third-order valence-electron chi connectivity index (χ3n) is 6.23. The lowest BCUT2D eigenvalue weighted by Crippen LogP contribution is -2.40. The number of ether oxygens (including phenoxy) is 1. The van der Waals surface area contributed by atoms with Crippen LogP contribution in [0.5, 0.6) is 0 Å². The molecular formula is C24H32ClN3O3. The Bertz CT molecular complexity index is 919. The van der Waals surface area contributed by atoms with Crippen LogP contribution in [0.2, 0.25) is 5.02 Å². The molecule has 7 heteroatoms. The van der Waals surface area contributed by atoms with E-state index >= 15 is 0 Å². The molecule has 1 atom stereocenters. The van der Waals surface area contributed by atoms with Crippen LogP contribution in [0.15, 0.2) is 28.8 Å². The summed E-state index contributed by atoms with van der Waals surface area (Å²) >= 11 is 6.46. The molecule has 1 saturated heterocycles. The first kappa shape index (κ1) is 23.5. The Morgan fingerprint density at radius 2 is 1.90 bits per heavy atom. The van der Waals surface area contributed by atoms with Crippen molar-refractivity contribution in [1.29, 1.82) is 0 Å². The minimum absolute atomic E-state index is 0.142. The summed E-state index contributed by atoms with van der Waals surface area (Å²) in [5.41, 5.74) is 4.10. The van der Waals surface area contributed by atoms with E-state index in [1.54, 1.807) is 24.9 Å². The van der Waals surface area contributed by atoms with E-state index in [1.807, 2.05) is 26.0 Å². The lowest BCUT2D eigenvalue weighted by molar-refractivity contribution is -0.120. The summed E-state index contributed by atoms with van der Waals surface area (Å²) in [7, 11) is 1.73. The fourth-order valence-electron chi connectivity index (χ4n) is 4.50. The third-order valence-corrected chi connectivity index (χ3v) is 6.45. The summed E-state index contributed by atoms with van der Waals surface area (Å²) in [6.45, 7) is 10.4. The van der Waals surface area contributed by atoms with Crippen molar-refractivity contribution < 1.29 is 14.3 Å². The number of amides is 2. The second-order valence-electron chi connectivity index (χ2n) is 8.45. The standard InChI is InChI=1S/C24H32ClN3O3/c1-6-28(19-7-9-31-10-8-19)22-13-18(25)12-20(17(22)4)24(30)27(5)14-21-15(2)11-16(3)26-23(21)29/h11-13,19,21H,6-10,14H2,1-5H3. The summed E-state index contributed by atoms with van der Waals surface area (Å²) in [5.74, 6) is -0.750. The maximum Gasteiger partial charge on any atom is 0.254 e. The van der Waals surface area contributed by atoms with E-state index in [-0.39, 0.29) is 18.4 Å². The van der Waals surface area contributed by atoms with Gasteiger partial charge < -0.3 is 14.5 Å². The molecule has 168 valence electrons. The average molecular weight is 446 g/mol. The van der Waals surface area contributed by atoms with Crippen molar-refractivity contribution in [2.45, 2.75) is 46.6 Å². The molecule has 0 spiro atoms. The van der Waals surface area contributed by atoms with Gasteiger partial charge >= 0.3 is 0 Å². The fraction of sp³-hybridized carbons (Fsp3) is 0.542. The van der Waals surface area contributed by atoms with Gasteiger partial charge in [-0.1, -0.05) is 17.2 Å². The number of aliphatic imine (C=N–C) groups is 1. The van der Waals surface area contributed by atoms with Gasteiger partial charge in [0.2, 0.25) is 0 Å². The molecule has 1 aromatic carbocycles. The number of dihydropyridines is 1. The first-order valence-corrected chi connectivity index (χ1v) is 11.3. The number of hydrogen-bond acceptors (Lipinski definition) is 4. The highest BCUT2D eigenvalue weighted by Crippen LogP contribution is 2.32. The normalized spacial score (nSPS) is 19.7. The van der Waals surface area contributed by atoms with Gasteiger partial charge in [-0.25, -0.2) is 4.99 Å². The van der Waals surface area contributed by atoms with Crippen LogP contribution in [0.25, 0.3) is 0 Å². The average Bonchev–Trinajstić information content (AvgIpc) is 2.73. The summed E-state index contributed by atoms with van der Waals surface area (Å²) < 4.78 is 5.52. The van der Waals surface area contributed by atoms with Gasteiger partial charge in [-0.05, 0) is 64.3 Å². The monoisotopic (exact) mass is 445 g/mol. The second-order valence-corrected chi connectivity index (χ2v) is 8.88. The van der Waals surface area contributed by atoms with Crippen LogP contribution in [-0.4, -0.2) is 61.8 Å². The fourth-order valence-corrected chi connectivity index (χ4v) is 4.71. The predicted octanol–water partition coefficient (Wildman–Crippen LogP) is 4.29. The topological polar surface area (TPSA) is 62.2 Å². The molecule has 0 radical (unpaired) electrons. The van der Waals surface area contributed by atoms with Gasteiger partial charge in [-0.15, -0.1) is 0 Å². The van der Waals surface area contributed by atoms with Gasteiger partial charge in [0.05, 0.1) is 5.92 Å².